The SMILES string of the molecule is Cc1c2c(nc3sc(C(=O)c4ccc(Cl)cc4)c(N)c13)CCCC2.Cc1nc2sc(C(=O)c3ccc(Cl)cc3)c(N)c2c2c1CCCC2. The van der Waals surface area contributed by atoms with Crippen molar-refractivity contribution in [2.45, 2.75) is 65.2 Å². The number of benzene rings is 2. The molecule has 0 spiro atoms. The van der Waals surface area contributed by atoms with Gasteiger partial charge >= 0.3 is 0 Å². The molecule has 10 heteroatoms. The van der Waals surface area contributed by atoms with E-state index in [0.717, 1.165) is 51.8 Å². The van der Waals surface area contributed by atoms with Crippen LogP contribution in [0.2, 0.25) is 10.0 Å². The van der Waals surface area contributed by atoms with E-state index < -0.39 is 0 Å². The molecule has 0 unspecified atom stereocenters. The molecule has 0 saturated heterocycles. The number of carbonyl (C=O) groups is 2. The van der Waals surface area contributed by atoms with E-state index in [1.807, 2.05) is 0 Å². The van der Waals surface area contributed by atoms with Crippen molar-refractivity contribution in [2.75, 3.05) is 11.5 Å². The summed E-state index contributed by atoms with van der Waals surface area (Å²) in [5, 5.41) is 3.18. The molecule has 2 aliphatic rings. The molecule has 4 heterocycles. The fourth-order valence-electron chi connectivity index (χ4n) is 6.97. The molecule has 2 aromatic carbocycles. The van der Waals surface area contributed by atoms with Crippen LogP contribution in [0.1, 0.15) is 89.8 Å². The first kappa shape index (κ1) is 32.7. The van der Waals surface area contributed by atoms with Gasteiger partial charge in [-0.3, -0.25) is 9.59 Å². The van der Waals surface area contributed by atoms with E-state index in [4.69, 9.17) is 44.6 Å². The maximum absolute atomic E-state index is 12.9. The number of nitrogens with zero attached hydrogens (tertiary/aromatic N) is 2. The first-order chi connectivity index (χ1) is 23.1. The van der Waals surface area contributed by atoms with Crippen LogP contribution in [-0.2, 0) is 25.7 Å². The first-order valence-corrected chi connectivity index (χ1v) is 18.5. The summed E-state index contributed by atoms with van der Waals surface area (Å²) in [6.07, 6.45) is 8.89. The van der Waals surface area contributed by atoms with E-state index in [9.17, 15) is 9.59 Å². The van der Waals surface area contributed by atoms with E-state index in [1.54, 1.807) is 48.5 Å². The minimum Gasteiger partial charge on any atom is -0.397 e. The summed E-state index contributed by atoms with van der Waals surface area (Å²) < 4.78 is 0. The standard InChI is InChI=1S/2C19H17ClN2OS/c1-10-13-4-2-3-5-14(13)15-16(21)18(24-19(15)22-10)17(23)11-6-8-12(20)9-7-11;1-10-13-4-2-3-5-14(13)22-19-15(10)16(21)18(24-19)17(23)11-6-8-12(20)9-7-11/h2*6-9H,2-5,21H2,1H3. The number of aromatic nitrogens is 2. The molecule has 0 fully saturated rings. The maximum atomic E-state index is 12.9. The smallest absolute Gasteiger partial charge is 0.205 e. The largest absolute Gasteiger partial charge is 0.397 e. The number of hydrogen-bond acceptors (Lipinski definition) is 8. The molecule has 0 aliphatic heterocycles. The molecule has 4 aromatic heterocycles. The number of thiophene rings is 2. The zero-order valence-corrected chi connectivity index (χ0v) is 29.9. The fraction of sp³-hybridized carbons (Fsp3) is 0.263. The molecule has 6 aromatic rings. The van der Waals surface area contributed by atoms with Crippen molar-refractivity contribution in [3.8, 4) is 0 Å². The minimum atomic E-state index is -0.0652. The van der Waals surface area contributed by atoms with Crippen molar-refractivity contribution in [1.82, 2.24) is 9.97 Å². The van der Waals surface area contributed by atoms with Crippen LogP contribution in [0.4, 0.5) is 11.4 Å². The molecule has 8 rings (SSSR count). The highest BCUT2D eigenvalue weighted by Crippen LogP contribution is 2.41. The highest BCUT2D eigenvalue weighted by atomic mass is 35.5. The molecule has 244 valence electrons. The van der Waals surface area contributed by atoms with Gasteiger partial charge in [-0.05, 0) is 136 Å². The van der Waals surface area contributed by atoms with Crippen molar-refractivity contribution in [1.29, 1.82) is 0 Å². The average molecular weight is 714 g/mol. The Kier molecular flexibility index (Phi) is 9.02. The van der Waals surface area contributed by atoms with Gasteiger partial charge in [-0.15, -0.1) is 22.7 Å². The second-order valence-corrected chi connectivity index (χ2v) is 15.3. The lowest BCUT2D eigenvalue weighted by atomic mass is 9.89. The Hall–Kier alpha value is -3.82. The van der Waals surface area contributed by atoms with Gasteiger partial charge in [0.05, 0.1) is 11.4 Å². The third-order valence-electron chi connectivity index (χ3n) is 9.46. The number of anilines is 2. The van der Waals surface area contributed by atoms with Crippen LogP contribution >= 0.6 is 45.9 Å². The summed E-state index contributed by atoms with van der Waals surface area (Å²) >= 11 is 14.6. The second kappa shape index (κ2) is 13.2. The van der Waals surface area contributed by atoms with Crippen molar-refractivity contribution in [2.24, 2.45) is 0 Å². The van der Waals surface area contributed by atoms with Crippen LogP contribution in [0.5, 0.6) is 0 Å². The second-order valence-electron chi connectivity index (χ2n) is 12.5. The fourth-order valence-corrected chi connectivity index (χ4v) is 9.49. The van der Waals surface area contributed by atoms with E-state index in [-0.39, 0.29) is 11.6 Å². The van der Waals surface area contributed by atoms with Gasteiger partial charge in [-0.25, -0.2) is 9.97 Å². The number of pyridine rings is 2. The number of carbonyl (C=O) groups excluding carboxylic acids is 2. The van der Waals surface area contributed by atoms with Gasteiger partial charge in [0.15, 0.2) is 0 Å². The van der Waals surface area contributed by atoms with E-state index >= 15 is 0 Å². The predicted molar refractivity (Wildman–Crippen MR) is 201 cm³/mol. The third kappa shape index (κ3) is 5.89. The number of aryl methyl sites for hydroxylation is 4. The molecule has 4 N–H and O–H groups in total. The third-order valence-corrected chi connectivity index (χ3v) is 12.2. The van der Waals surface area contributed by atoms with Crippen LogP contribution in [-0.4, -0.2) is 21.5 Å². The minimum absolute atomic E-state index is 0.0608. The highest BCUT2D eigenvalue weighted by Gasteiger charge is 2.26. The van der Waals surface area contributed by atoms with E-state index in [0.29, 0.717) is 42.3 Å². The molecule has 0 bridgehead atoms. The first-order valence-electron chi connectivity index (χ1n) is 16.1. The summed E-state index contributed by atoms with van der Waals surface area (Å²) in [4.78, 5) is 38.2. The summed E-state index contributed by atoms with van der Waals surface area (Å²) in [6, 6.07) is 13.8. The molecule has 0 saturated carbocycles. The van der Waals surface area contributed by atoms with Crippen molar-refractivity contribution >= 4 is 89.2 Å². The Morgan fingerprint density at radius 1 is 0.625 bits per heavy atom. The molecule has 6 nitrogen and oxygen atoms in total. The molecule has 2 aliphatic carbocycles. The topological polar surface area (TPSA) is 112 Å². The van der Waals surface area contributed by atoms with Crippen LogP contribution in [0, 0.1) is 13.8 Å². The van der Waals surface area contributed by atoms with Gasteiger partial charge in [-0.1, -0.05) is 23.2 Å². The Morgan fingerprint density at radius 3 is 1.65 bits per heavy atom. The number of fused-ring (bicyclic) bond motifs is 5. The number of ketones is 2. The predicted octanol–water partition coefficient (Wildman–Crippen LogP) is 9.90. The average Bonchev–Trinajstić information content (AvgIpc) is 3.61. The number of halogens is 2. The van der Waals surface area contributed by atoms with Gasteiger partial charge < -0.3 is 11.5 Å². The van der Waals surface area contributed by atoms with Crippen LogP contribution < -0.4 is 11.5 Å². The molecule has 0 amide bonds. The normalized spacial score (nSPS) is 13.9. The van der Waals surface area contributed by atoms with E-state index in [1.165, 1.54) is 76.3 Å². The summed E-state index contributed by atoms with van der Waals surface area (Å²) in [5.41, 5.74) is 22.5. The lowest BCUT2D eigenvalue weighted by Gasteiger charge is -2.18. The maximum Gasteiger partial charge on any atom is 0.205 e. The van der Waals surface area contributed by atoms with Crippen LogP contribution in [0.25, 0.3) is 20.4 Å². The van der Waals surface area contributed by atoms with Gasteiger partial charge in [0.2, 0.25) is 11.6 Å². The Balaban J connectivity index is 0.000000152. The quantitative estimate of drug-likeness (QED) is 0.176. The van der Waals surface area contributed by atoms with Crippen molar-refractivity contribution in [3.63, 3.8) is 0 Å². The van der Waals surface area contributed by atoms with Crippen molar-refractivity contribution in [3.05, 3.63) is 113 Å². The highest BCUT2D eigenvalue weighted by molar-refractivity contribution is 7.21. The Labute approximate surface area is 297 Å². The van der Waals surface area contributed by atoms with Crippen LogP contribution in [0.3, 0.4) is 0 Å². The molecule has 48 heavy (non-hydrogen) atoms. The van der Waals surface area contributed by atoms with Crippen LogP contribution in [0.15, 0.2) is 48.5 Å². The molecule has 0 radical (unpaired) electrons. The number of rotatable bonds is 4. The zero-order chi connectivity index (χ0) is 33.7. The van der Waals surface area contributed by atoms with Gasteiger partial charge in [-0.2, -0.15) is 0 Å². The Morgan fingerprint density at radius 2 is 1.08 bits per heavy atom. The summed E-state index contributed by atoms with van der Waals surface area (Å²) in [7, 11) is 0. The molecular weight excluding hydrogens is 679 g/mol. The lowest BCUT2D eigenvalue weighted by molar-refractivity contribution is 0.103. The van der Waals surface area contributed by atoms with Crippen molar-refractivity contribution < 1.29 is 9.59 Å². The summed E-state index contributed by atoms with van der Waals surface area (Å²) in [5.74, 6) is -0.126. The van der Waals surface area contributed by atoms with Gasteiger partial charge in [0, 0.05) is 43.3 Å². The monoisotopic (exact) mass is 712 g/mol. The summed E-state index contributed by atoms with van der Waals surface area (Å²) in [6.45, 7) is 4.16. The number of nitrogens with two attached hydrogens (primary N) is 2. The molecular formula is C38H34Cl2N4O2S2. The Bertz CT molecular complexity index is 2240. The van der Waals surface area contributed by atoms with E-state index in [2.05, 4.69) is 13.8 Å². The van der Waals surface area contributed by atoms with Gasteiger partial charge in [0.1, 0.15) is 19.4 Å². The lowest BCUT2D eigenvalue weighted by Crippen LogP contribution is -2.08. The zero-order valence-electron chi connectivity index (χ0n) is 26.7. The number of nitrogen functional groups attached to an aromatic ring is 2. The van der Waals surface area contributed by atoms with Gasteiger partial charge in [0.25, 0.3) is 0 Å². The molecule has 0 atom stereocenters. The number of hydrogen-bond donors (Lipinski definition) is 2.